The molecule has 0 atom stereocenters. The first-order chi connectivity index (χ1) is 11.8. The monoisotopic (exact) mass is 367 g/mol. The van der Waals surface area contributed by atoms with Crippen LogP contribution in [-0.2, 0) is 21.2 Å². The van der Waals surface area contributed by atoms with Crippen LogP contribution in [0.3, 0.4) is 0 Å². The van der Waals surface area contributed by atoms with E-state index in [0.717, 1.165) is 18.2 Å². The summed E-state index contributed by atoms with van der Waals surface area (Å²) in [6.07, 6.45) is 0. The Balaban J connectivity index is 2.05. The Morgan fingerprint density at radius 2 is 1.92 bits per heavy atom. The van der Waals surface area contributed by atoms with E-state index in [0.29, 0.717) is 5.75 Å². The van der Waals surface area contributed by atoms with Gasteiger partial charge >= 0.3 is 0 Å². The minimum atomic E-state index is -3.49. The van der Waals surface area contributed by atoms with E-state index in [1.807, 2.05) is 0 Å². The number of amides is 1. The lowest BCUT2D eigenvalue weighted by Gasteiger charge is -2.30. The molecule has 0 radical (unpaired) electrons. The molecule has 0 aromatic heterocycles. The van der Waals surface area contributed by atoms with Crippen molar-refractivity contribution in [2.45, 2.75) is 18.4 Å². The first-order valence-electron chi connectivity index (χ1n) is 7.55. The molecule has 0 saturated heterocycles. The number of rotatable bonds is 4. The zero-order valence-electron chi connectivity index (χ0n) is 13.3. The topological polar surface area (TPSA) is 63.7 Å². The Morgan fingerprint density at radius 1 is 1.16 bits per heavy atom. The van der Waals surface area contributed by atoms with E-state index < -0.39 is 27.4 Å². The van der Waals surface area contributed by atoms with Crippen LogP contribution < -0.4 is 9.64 Å². The largest absolute Gasteiger partial charge is 0.482 e. The molecule has 2 aromatic rings. The molecule has 5 nitrogen and oxygen atoms in total. The van der Waals surface area contributed by atoms with Gasteiger partial charge in [-0.05, 0) is 36.4 Å². The Kier molecular flexibility index (Phi) is 4.47. The van der Waals surface area contributed by atoms with Crippen LogP contribution in [0.4, 0.5) is 14.5 Å². The highest BCUT2D eigenvalue weighted by Crippen LogP contribution is 2.35. The maximum absolute atomic E-state index is 13.9. The standard InChI is InChI=1S/C17H15F2NO4S/c1-2-25(22,23)13-4-6-16-15(8-13)20(17(21)10-24-16)9-11-7-12(18)3-5-14(11)19/h3-8H,2,9-10H2,1H3. The molecule has 0 aliphatic carbocycles. The van der Waals surface area contributed by atoms with Gasteiger partial charge in [0.1, 0.15) is 17.4 Å². The molecule has 132 valence electrons. The Morgan fingerprint density at radius 3 is 2.64 bits per heavy atom. The Bertz CT molecular complexity index is 944. The summed E-state index contributed by atoms with van der Waals surface area (Å²) in [5.74, 6) is -1.54. The summed E-state index contributed by atoms with van der Waals surface area (Å²) in [6.45, 7) is 1.02. The van der Waals surface area contributed by atoms with Crippen molar-refractivity contribution < 1.29 is 26.7 Å². The summed E-state index contributed by atoms with van der Waals surface area (Å²) >= 11 is 0. The first-order valence-corrected chi connectivity index (χ1v) is 9.21. The van der Waals surface area contributed by atoms with Gasteiger partial charge in [-0.1, -0.05) is 6.92 Å². The highest BCUT2D eigenvalue weighted by Gasteiger charge is 2.28. The predicted octanol–water partition coefficient (Wildman–Crippen LogP) is 2.68. The predicted molar refractivity (Wildman–Crippen MR) is 87.2 cm³/mol. The molecule has 1 aliphatic heterocycles. The Labute approximate surface area is 143 Å². The van der Waals surface area contributed by atoms with E-state index in [1.165, 1.54) is 30.0 Å². The van der Waals surface area contributed by atoms with E-state index in [4.69, 9.17) is 4.74 Å². The molecule has 0 bridgehead atoms. The number of ether oxygens (including phenoxy) is 1. The summed E-state index contributed by atoms with van der Waals surface area (Å²) in [5.41, 5.74) is 0.208. The highest BCUT2D eigenvalue weighted by molar-refractivity contribution is 7.91. The van der Waals surface area contributed by atoms with Crippen LogP contribution in [0, 0.1) is 11.6 Å². The molecule has 0 unspecified atom stereocenters. The van der Waals surface area contributed by atoms with Crippen molar-refractivity contribution in [3.05, 3.63) is 53.6 Å². The number of nitrogens with zero attached hydrogens (tertiary/aromatic N) is 1. The molecule has 1 aliphatic rings. The van der Waals surface area contributed by atoms with Crippen molar-refractivity contribution in [3.8, 4) is 5.75 Å². The maximum Gasteiger partial charge on any atom is 0.265 e. The molecule has 8 heteroatoms. The minimum absolute atomic E-state index is 0.00930. The van der Waals surface area contributed by atoms with Crippen LogP contribution in [0.5, 0.6) is 5.75 Å². The number of benzene rings is 2. The third-order valence-electron chi connectivity index (χ3n) is 3.95. The molecule has 0 saturated carbocycles. The molecular formula is C17H15F2NO4S. The van der Waals surface area contributed by atoms with Gasteiger partial charge in [0.25, 0.3) is 5.91 Å². The number of carbonyl (C=O) groups is 1. The smallest absolute Gasteiger partial charge is 0.265 e. The van der Waals surface area contributed by atoms with Crippen molar-refractivity contribution in [1.82, 2.24) is 0 Å². The van der Waals surface area contributed by atoms with Crippen molar-refractivity contribution in [2.24, 2.45) is 0 Å². The molecule has 2 aromatic carbocycles. The summed E-state index contributed by atoms with van der Waals surface area (Å²) in [6, 6.07) is 7.15. The average Bonchev–Trinajstić information content (AvgIpc) is 2.60. The quantitative estimate of drug-likeness (QED) is 0.834. The van der Waals surface area contributed by atoms with Crippen LogP contribution >= 0.6 is 0 Å². The van der Waals surface area contributed by atoms with Gasteiger partial charge in [0.15, 0.2) is 16.4 Å². The van der Waals surface area contributed by atoms with E-state index in [-0.39, 0.29) is 35.1 Å². The van der Waals surface area contributed by atoms with Crippen LogP contribution in [0.25, 0.3) is 0 Å². The number of sulfone groups is 1. The third-order valence-corrected chi connectivity index (χ3v) is 5.68. The molecule has 0 fully saturated rings. The zero-order valence-corrected chi connectivity index (χ0v) is 14.1. The number of halogens is 2. The molecular weight excluding hydrogens is 352 g/mol. The molecule has 1 heterocycles. The van der Waals surface area contributed by atoms with Gasteiger partial charge in [0, 0.05) is 5.56 Å². The van der Waals surface area contributed by atoms with Crippen LogP contribution in [0.2, 0.25) is 0 Å². The van der Waals surface area contributed by atoms with Gasteiger partial charge in [0.05, 0.1) is 22.9 Å². The van der Waals surface area contributed by atoms with E-state index >= 15 is 0 Å². The number of hydrogen-bond acceptors (Lipinski definition) is 4. The summed E-state index contributed by atoms with van der Waals surface area (Å²) in [7, 11) is -3.49. The van der Waals surface area contributed by atoms with Gasteiger partial charge in [-0.15, -0.1) is 0 Å². The second-order valence-corrected chi connectivity index (χ2v) is 7.82. The summed E-state index contributed by atoms with van der Waals surface area (Å²) in [4.78, 5) is 13.5. The van der Waals surface area contributed by atoms with E-state index in [1.54, 1.807) is 0 Å². The highest BCUT2D eigenvalue weighted by atomic mass is 32.2. The van der Waals surface area contributed by atoms with Crippen molar-refractivity contribution in [3.63, 3.8) is 0 Å². The van der Waals surface area contributed by atoms with E-state index in [9.17, 15) is 22.0 Å². The van der Waals surface area contributed by atoms with Crippen molar-refractivity contribution >= 4 is 21.4 Å². The van der Waals surface area contributed by atoms with Crippen LogP contribution in [0.15, 0.2) is 41.3 Å². The number of hydrogen-bond donors (Lipinski definition) is 0. The molecule has 3 rings (SSSR count). The molecule has 0 spiro atoms. The maximum atomic E-state index is 13.9. The van der Waals surface area contributed by atoms with Gasteiger partial charge in [-0.2, -0.15) is 0 Å². The normalized spacial score (nSPS) is 14.2. The van der Waals surface area contributed by atoms with Crippen molar-refractivity contribution in [2.75, 3.05) is 17.3 Å². The molecule has 25 heavy (non-hydrogen) atoms. The second-order valence-electron chi connectivity index (χ2n) is 5.54. The lowest BCUT2D eigenvalue weighted by molar-refractivity contribution is -0.121. The van der Waals surface area contributed by atoms with Gasteiger partial charge in [-0.25, -0.2) is 17.2 Å². The third kappa shape index (κ3) is 3.34. The first kappa shape index (κ1) is 17.3. The number of anilines is 1. The van der Waals surface area contributed by atoms with Crippen LogP contribution in [-0.4, -0.2) is 26.7 Å². The Hall–Kier alpha value is -2.48. The fourth-order valence-corrected chi connectivity index (χ4v) is 3.45. The second kappa shape index (κ2) is 6.44. The summed E-state index contributed by atoms with van der Waals surface area (Å²) < 4.78 is 56.8. The van der Waals surface area contributed by atoms with Gasteiger partial charge < -0.3 is 9.64 Å². The zero-order chi connectivity index (χ0) is 18.2. The van der Waals surface area contributed by atoms with Gasteiger partial charge in [-0.3, -0.25) is 4.79 Å². The van der Waals surface area contributed by atoms with Crippen molar-refractivity contribution in [1.29, 1.82) is 0 Å². The van der Waals surface area contributed by atoms with Crippen LogP contribution in [0.1, 0.15) is 12.5 Å². The number of fused-ring (bicyclic) bond motifs is 1. The lowest BCUT2D eigenvalue weighted by Crippen LogP contribution is -2.38. The minimum Gasteiger partial charge on any atom is -0.482 e. The average molecular weight is 367 g/mol. The fraction of sp³-hybridized carbons (Fsp3) is 0.235. The molecule has 0 N–H and O–H groups in total. The van der Waals surface area contributed by atoms with Gasteiger partial charge in [0.2, 0.25) is 0 Å². The van der Waals surface area contributed by atoms with E-state index in [2.05, 4.69) is 0 Å². The fourth-order valence-electron chi connectivity index (χ4n) is 2.55. The molecule has 1 amide bonds. The summed E-state index contributed by atoms with van der Waals surface area (Å²) in [5, 5.41) is 0. The lowest BCUT2D eigenvalue weighted by atomic mass is 10.1. The SMILES string of the molecule is CCS(=O)(=O)c1ccc2c(c1)N(Cc1cc(F)ccc1F)C(=O)CO2. The number of carbonyl (C=O) groups excluding carboxylic acids is 1.